The molecule has 1 aromatic rings. The minimum Gasteiger partial charge on any atom is -0.345 e. The van der Waals surface area contributed by atoms with Crippen molar-refractivity contribution in [1.29, 1.82) is 0 Å². The van der Waals surface area contributed by atoms with E-state index in [1.54, 1.807) is 4.90 Å². The Bertz CT molecular complexity index is 298. The largest absolute Gasteiger partial charge is 0.345 e. The van der Waals surface area contributed by atoms with Crippen molar-refractivity contribution in [3.05, 3.63) is 35.9 Å². The van der Waals surface area contributed by atoms with Crippen molar-refractivity contribution in [1.82, 2.24) is 4.90 Å². The Morgan fingerprint density at radius 1 is 1.33 bits per heavy atom. The predicted molar refractivity (Wildman–Crippen MR) is 61.5 cm³/mol. The summed E-state index contributed by atoms with van der Waals surface area (Å²) in [4.78, 5) is 13.1. The van der Waals surface area contributed by atoms with Crippen LogP contribution in [-0.4, -0.2) is 30.9 Å². The van der Waals surface area contributed by atoms with Crippen LogP contribution in [0.2, 0.25) is 0 Å². The Balaban J connectivity index is 2.34. The molecule has 82 valence electrons. The van der Waals surface area contributed by atoms with Crippen molar-refractivity contribution < 1.29 is 4.79 Å². The van der Waals surface area contributed by atoms with Gasteiger partial charge < -0.3 is 10.6 Å². The van der Waals surface area contributed by atoms with E-state index in [-0.39, 0.29) is 5.91 Å². The Kier molecular flexibility index (Phi) is 4.84. The zero-order valence-corrected chi connectivity index (χ0v) is 9.15. The molecule has 1 aromatic carbocycles. The molecule has 3 nitrogen and oxygen atoms in total. The van der Waals surface area contributed by atoms with Gasteiger partial charge >= 0.3 is 0 Å². The van der Waals surface area contributed by atoms with Gasteiger partial charge in [0.05, 0.1) is 0 Å². The lowest BCUT2D eigenvalue weighted by Crippen LogP contribution is -2.30. The second-order valence-corrected chi connectivity index (χ2v) is 3.59. The maximum atomic E-state index is 11.4. The second-order valence-electron chi connectivity index (χ2n) is 3.59. The maximum Gasteiger partial charge on any atom is 0.223 e. The molecule has 2 N–H and O–H groups in total. The van der Waals surface area contributed by atoms with Gasteiger partial charge in [0.25, 0.3) is 0 Å². The van der Waals surface area contributed by atoms with Crippen LogP contribution >= 0.6 is 0 Å². The fourth-order valence-corrected chi connectivity index (χ4v) is 1.38. The van der Waals surface area contributed by atoms with Gasteiger partial charge in [-0.1, -0.05) is 30.3 Å². The third kappa shape index (κ3) is 4.13. The van der Waals surface area contributed by atoms with Crippen molar-refractivity contribution in [3.8, 4) is 0 Å². The van der Waals surface area contributed by atoms with Gasteiger partial charge in [-0.05, 0) is 12.0 Å². The molecule has 0 aromatic heterocycles. The zero-order valence-electron chi connectivity index (χ0n) is 9.15. The van der Waals surface area contributed by atoms with E-state index in [9.17, 15) is 4.79 Å². The fourth-order valence-electron chi connectivity index (χ4n) is 1.38. The first-order valence-corrected chi connectivity index (χ1v) is 5.22. The predicted octanol–water partition coefficient (Wildman–Crippen LogP) is 1.04. The summed E-state index contributed by atoms with van der Waals surface area (Å²) >= 11 is 0. The van der Waals surface area contributed by atoms with Crippen molar-refractivity contribution in [2.75, 3.05) is 20.1 Å². The molecule has 1 rings (SSSR count). The Morgan fingerprint density at radius 2 is 2.00 bits per heavy atom. The number of likely N-dealkylation sites (N-methyl/N-ethyl adjacent to an activating group) is 1. The van der Waals surface area contributed by atoms with E-state index in [1.807, 2.05) is 25.2 Å². The molecule has 0 atom stereocenters. The quantitative estimate of drug-likeness (QED) is 0.782. The molecule has 0 saturated carbocycles. The fraction of sp³-hybridized carbons (Fsp3) is 0.417. The molecule has 1 amide bonds. The van der Waals surface area contributed by atoms with Crippen LogP contribution in [-0.2, 0) is 11.2 Å². The number of nitrogens with zero attached hydrogens (tertiary/aromatic N) is 1. The smallest absolute Gasteiger partial charge is 0.223 e. The van der Waals surface area contributed by atoms with Gasteiger partial charge in [0, 0.05) is 26.6 Å². The molecular weight excluding hydrogens is 188 g/mol. The van der Waals surface area contributed by atoms with Crippen molar-refractivity contribution in [3.63, 3.8) is 0 Å². The standard InChI is InChI=1S/C12H18N2O/c1-14(12(15)7-9-13)10-8-11-5-3-2-4-6-11/h2-6H,7-10,13H2,1H3. The van der Waals surface area contributed by atoms with E-state index in [2.05, 4.69) is 12.1 Å². The van der Waals surface area contributed by atoms with Crippen LogP contribution in [0, 0.1) is 0 Å². The first-order valence-electron chi connectivity index (χ1n) is 5.22. The van der Waals surface area contributed by atoms with Gasteiger partial charge in [0.15, 0.2) is 0 Å². The second kappa shape index (κ2) is 6.19. The maximum absolute atomic E-state index is 11.4. The number of benzene rings is 1. The summed E-state index contributed by atoms with van der Waals surface area (Å²) < 4.78 is 0. The number of hydrogen-bond acceptors (Lipinski definition) is 2. The number of rotatable bonds is 5. The third-order valence-corrected chi connectivity index (χ3v) is 2.36. The molecule has 0 aliphatic heterocycles. The molecule has 0 bridgehead atoms. The van der Waals surface area contributed by atoms with Crippen LogP contribution in [0.3, 0.4) is 0 Å². The molecular formula is C12H18N2O. The van der Waals surface area contributed by atoms with E-state index in [0.717, 1.165) is 13.0 Å². The number of amides is 1. The van der Waals surface area contributed by atoms with E-state index >= 15 is 0 Å². The molecule has 0 spiro atoms. The SMILES string of the molecule is CN(CCc1ccccc1)C(=O)CCN. The van der Waals surface area contributed by atoms with Crippen LogP contribution in [0.15, 0.2) is 30.3 Å². The highest BCUT2D eigenvalue weighted by Gasteiger charge is 2.06. The van der Waals surface area contributed by atoms with Gasteiger partial charge in [-0.25, -0.2) is 0 Å². The van der Waals surface area contributed by atoms with Crippen molar-refractivity contribution >= 4 is 5.91 Å². The molecule has 0 saturated heterocycles. The monoisotopic (exact) mass is 206 g/mol. The summed E-state index contributed by atoms with van der Waals surface area (Å²) in [6.45, 7) is 1.18. The molecule has 0 unspecified atom stereocenters. The third-order valence-electron chi connectivity index (χ3n) is 2.36. The summed E-state index contributed by atoms with van der Waals surface area (Å²) in [5, 5.41) is 0. The summed E-state index contributed by atoms with van der Waals surface area (Å²) in [5.74, 6) is 0.119. The molecule has 3 heteroatoms. The average Bonchev–Trinajstić information content (AvgIpc) is 2.27. The van der Waals surface area contributed by atoms with Gasteiger partial charge in [-0.3, -0.25) is 4.79 Å². The minimum absolute atomic E-state index is 0.119. The van der Waals surface area contributed by atoms with Crippen molar-refractivity contribution in [2.24, 2.45) is 5.73 Å². The van der Waals surface area contributed by atoms with Gasteiger partial charge in [0.1, 0.15) is 0 Å². The van der Waals surface area contributed by atoms with E-state index in [0.29, 0.717) is 13.0 Å². The van der Waals surface area contributed by atoms with E-state index < -0.39 is 0 Å². The highest BCUT2D eigenvalue weighted by molar-refractivity contribution is 5.76. The Hall–Kier alpha value is -1.35. The summed E-state index contributed by atoms with van der Waals surface area (Å²) in [6, 6.07) is 10.2. The van der Waals surface area contributed by atoms with Gasteiger partial charge in [-0.15, -0.1) is 0 Å². The number of carbonyl (C=O) groups excluding carboxylic acids is 1. The molecule has 15 heavy (non-hydrogen) atoms. The van der Waals surface area contributed by atoms with Crippen LogP contribution in [0.1, 0.15) is 12.0 Å². The Labute approximate surface area is 90.9 Å². The van der Waals surface area contributed by atoms with Crippen molar-refractivity contribution in [2.45, 2.75) is 12.8 Å². The van der Waals surface area contributed by atoms with Crippen LogP contribution < -0.4 is 5.73 Å². The summed E-state index contributed by atoms with van der Waals surface area (Å²) in [7, 11) is 1.82. The first kappa shape index (κ1) is 11.7. The van der Waals surface area contributed by atoms with Gasteiger partial charge in [-0.2, -0.15) is 0 Å². The molecule has 0 radical (unpaired) electrons. The average molecular weight is 206 g/mol. The Morgan fingerprint density at radius 3 is 2.60 bits per heavy atom. The highest BCUT2D eigenvalue weighted by atomic mass is 16.2. The topological polar surface area (TPSA) is 46.3 Å². The lowest BCUT2D eigenvalue weighted by molar-refractivity contribution is -0.129. The molecule has 0 aliphatic carbocycles. The van der Waals surface area contributed by atoms with Gasteiger partial charge in [0.2, 0.25) is 5.91 Å². The van der Waals surface area contributed by atoms with Crippen LogP contribution in [0.25, 0.3) is 0 Å². The summed E-state index contributed by atoms with van der Waals surface area (Å²) in [6.07, 6.45) is 1.33. The molecule has 0 aliphatic rings. The molecule has 0 heterocycles. The number of carbonyl (C=O) groups is 1. The first-order chi connectivity index (χ1) is 7.24. The van der Waals surface area contributed by atoms with E-state index in [1.165, 1.54) is 5.56 Å². The highest BCUT2D eigenvalue weighted by Crippen LogP contribution is 2.01. The van der Waals surface area contributed by atoms with Crippen LogP contribution in [0.5, 0.6) is 0 Å². The normalized spacial score (nSPS) is 10.0. The van der Waals surface area contributed by atoms with E-state index in [4.69, 9.17) is 5.73 Å². The zero-order chi connectivity index (χ0) is 11.1. The number of nitrogens with two attached hydrogens (primary N) is 1. The lowest BCUT2D eigenvalue weighted by atomic mass is 10.1. The lowest BCUT2D eigenvalue weighted by Gasteiger charge is -2.16. The number of hydrogen-bond donors (Lipinski definition) is 1. The van der Waals surface area contributed by atoms with Crippen LogP contribution in [0.4, 0.5) is 0 Å². The summed E-state index contributed by atoms with van der Waals surface area (Å²) in [5.41, 5.74) is 6.58. The molecule has 0 fully saturated rings. The minimum atomic E-state index is 0.119.